The van der Waals surface area contributed by atoms with E-state index in [1.807, 2.05) is 25.1 Å². The van der Waals surface area contributed by atoms with Crippen molar-refractivity contribution in [3.05, 3.63) is 70.3 Å². The van der Waals surface area contributed by atoms with Crippen LogP contribution in [-0.4, -0.2) is 66.2 Å². The van der Waals surface area contributed by atoms with Crippen LogP contribution in [0.25, 0.3) is 0 Å². The molecule has 1 spiro atoms. The number of hydrogen-bond donors (Lipinski definition) is 1. The summed E-state index contributed by atoms with van der Waals surface area (Å²) < 4.78 is 47.6. The summed E-state index contributed by atoms with van der Waals surface area (Å²) >= 11 is 6.42. The van der Waals surface area contributed by atoms with Gasteiger partial charge in [-0.1, -0.05) is 36.7 Å². The lowest BCUT2D eigenvalue weighted by molar-refractivity contribution is 0.0131. The van der Waals surface area contributed by atoms with Gasteiger partial charge >= 0.3 is 0 Å². The first-order valence-corrected chi connectivity index (χ1v) is 18.1. The number of fused-ring (bicyclic) bond motifs is 4. The van der Waals surface area contributed by atoms with Crippen LogP contribution in [0, 0.1) is 17.8 Å². The van der Waals surface area contributed by atoms with E-state index >= 15 is 0 Å². The van der Waals surface area contributed by atoms with Gasteiger partial charge in [0.05, 0.1) is 23.6 Å². The number of aryl methyl sites for hydroxylation is 1. The number of carbonyl (C=O) groups excluding carboxylic acids is 1. The van der Waals surface area contributed by atoms with Crippen molar-refractivity contribution in [2.75, 3.05) is 45.4 Å². The van der Waals surface area contributed by atoms with Gasteiger partial charge in [-0.25, -0.2) is 13.1 Å². The molecule has 2 aromatic carbocycles. The van der Waals surface area contributed by atoms with E-state index in [4.69, 9.17) is 25.8 Å². The molecule has 4 aliphatic rings. The van der Waals surface area contributed by atoms with Crippen molar-refractivity contribution in [1.29, 1.82) is 0 Å². The Morgan fingerprint density at radius 3 is 2.76 bits per heavy atom. The molecular formula is C35H45ClN2O6S. The highest BCUT2D eigenvalue weighted by atomic mass is 35.5. The predicted molar refractivity (Wildman–Crippen MR) is 177 cm³/mol. The molecule has 0 aromatic heterocycles. The largest absolute Gasteiger partial charge is 0.490 e. The molecule has 8 nitrogen and oxygen atoms in total. The van der Waals surface area contributed by atoms with Crippen LogP contribution >= 0.6 is 11.6 Å². The number of hydrogen-bond acceptors (Lipinski definition) is 7. The predicted octanol–water partition coefficient (Wildman–Crippen LogP) is 5.92. The molecule has 2 aliphatic heterocycles. The van der Waals surface area contributed by atoms with Gasteiger partial charge in [0, 0.05) is 49.9 Å². The van der Waals surface area contributed by atoms with Crippen LogP contribution in [0.5, 0.6) is 5.75 Å². The van der Waals surface area contributed by atoms with E-state index in [-0.39, 0.29) is 30.5 Å². The lowest BCUT2D eigenvalue weighted by Gasteiger charge is -2.46. The molecular weight excluding hydrogens is 612 g/mol. The van der Waals surface area contributed by atoms with E-state index in [1.54, 1.807) is 20.3 Å². The zero-order chi connectivity index (χ0) is 31.8. The van der Waals surface area contributed by atoms with E-state index in [1.165, 1.54) is 11.1 Å². The Balaban J connectivity index is 1.42. The summed E-state index contributed by atoms with van der Waals surface area (Å²) in [7, 11) is -0.687. The minimum absolute atomic E-state index is 0.0573. The number of benzene rings is 2. The topological polar surface area (TPSA) is 94.2 Å². The van der Waals surface area contributed by atoms with Crippen molar-refractivity contribution < 1.29 is 27.4 Å². The highest BCUT2D eigenvalue weighted by Gasteiger charge is 2.44. The van der Waals surface area contributed by atoms with Crippen molar-refractivity contribution in [3.8, 4) is 5.75 Å². The van der Waals surface area contributed by atoms with Crippen molar-refractivity contribution >= 4 is 33.2 Å². The number of ether oxygens (including phenoxy) is 3. The molecule has 1 saturated carbocycles. The van der Waals surface area contributed by atoms with Crippen LogP contribution in [0.2, 0.25) is 5.02 Å². The number of anilines is 1. The molecule has 0 radical (unpaired) electrons. The molecule has 6 atom stereocenters. The van der Waals surface area contributed by atoms with E-state index < -0.39 is 21.2 Å². The van der Waals surface area contributed by atoms with Gasteiger partial charge in [-0.05, 0) is 104 Å². The van der Waals surface area contributed by atoms with E-state index in [0.29, 0.717) is 36.2 Å². The van der Waals surface area contributed by atoms with Crippen molar-refractivity contribution in [3.63, 3.8) is 0 Å². The Bertz CT molecular complexity index is 1550. The fourth-order valence-corrected chi connectivity index (χ4v) is 9.86. The number of amides is 1. The summed E-state index contributed by atoms with van der Waals surface area (Å²) in [5.74, 6) is 0.583. The van der Waals surface area contributed by atoms with Crippen LogP contribution < -0.4 is 14.4 Å². The smallest absolute Gasteiger partial charge is 0.264 e. The highest BCUT2D eigenvalue weighted by molar-refractivity contribution is 7.90. The molecule has 0 unspecified atom stereocenters. The van der Waals surface area contributed by atoms with Gasteiger partial charge in [-0.3, -0.25) is 4.79 Å². The van der Waals surface area contributed by atoms with Gasteiger partial charge in [0.1, 0.15) is 5.75 Å². The number of methoxy groups -OCH3 is 2. The highest BCUT2D eigenvalue weighted by Crippen LogP contribution is 2.47. The number of rotatable bonds is 4. The second-order valence-electron chi connectivity index (χ2n) is 13.4. The Labute approximate surface area is 272 Å². The number of nitrogens with zero attached hydrogens (tertiary/aromatic N) is 1. The third-order valence-electron chi connectivity index (χ3n) is 10.6. The number of sulfonamides is 1. The minimum atomic E-state index is -4.00. The Kier molecular flexibility index (Phi) is 9.53. The maximum atomic E-state index is 13.7. The van der Waals surface area contributed by atoms with E-state index in [0.717, 1.165) is 55.9 Å². The molecule has 2 bridgehead atoms. The average Bonchev–Trinajstić information content (AvgIpc) is 3.14. The van der Waals surface area contributed by atoms with Gasteiger partial charge in [-0.2, -0.15) is 0 Å². The van der Waals surface area contributed by atoms with E-state index in [9.17, 15) is 13.2 Å². The monoisotopic (exact) mass is 656 g/mol. The third kappa shape index (κ3) is 6.51. The second kappa shape index (κ2) is 13.3. The molecule has 0 saturated heterocycles. The van der Waals surface area contributed by atoms with E-state index in [2.05, 4.69) is 33.9 Å². The third-order valence-corrected chi connectivity index (χ3v) is 12.8. The van der Waals surface area contributed by atoms with Gasteiger partial charge in [0.2, 0.25) is 10.0 Å². The van der Waals surface area contributed by atoms with Gasteiger partial charge in [0.15, 0.2) is 0 Å². The molecule has 1 fully saturated rings. The lowest BCUT2D eigenvalue weighted by atomic mass is 9.68. The first-order valence-electron chi connectivity index (χ1n) is 16.2. The Morgan fingerprint density at radius 1 is 1.16 bits per heavy atom. The van der Waals surface area contributed by atoms with Gasteiger partial charge < -0.3 is 19.1 Å². The Morgan fingerprint density at radius 2 is 2.00 bits per heavy atom. The zero-order valence-corrected chi connectivity index (χ0v) is 28.0. The molecule has 10 heteroatoms. The van der Waals surface area contributed by atoms with Crippen LogP contribution in [0.15, 0.2) is 48.6 Å². The Hall–Kier alpha value is -2.59. The summed E-state index contributed by atoms with van der Waals surface area (Å²) in [5.41, 5.74) is 3.42. The molecule has 244 valence electrons. The van der Waals surface area contributed by atoms with Crippen LogP contribution in [-0.2, 0) is 31.3 Å². The van der Waals surface area contributed by atoms with Gasteiger partial charge in [0.25, 0.3) is 5.91 Å². The number of allylic oxidation sites excluding steroid dienone is 1. The SMILES string of the molecule is COCC[C@H]1[C@@H](C)C/C=C\[C@H](OC)[C@@H]2CC[C@H]2CN2C[C@@]3(CCCc4cc(Cl)ccc43)COc3ccc(cc32)C(=O)NS1(=O)=O. The van der Waals surface area contributed by atoms with Crippen molar-refractivity contribution in [2.45, 2.75) is 68.6 Å². The van der Waals surface area contributed by atoms with Gasteiger partial charge in [-0.15, -0.1) is 0 Å². The zero-order valence-electron chi connectivity index (χ0n) is 26.5. The summed E-state index contributed by atoms with van der Waals surface area (Å²) in [6.07, 6.45) is 10.1. The fourth-order valence-electron chi connectivity index (χ4n) is 8.01. The number of carbonyl (C=O) groups is 1. The summed E-state index contributed by atoms with van der Waals surface area (Å²) in [6.45, 7) is 4.22. The maximum Gasteiger partial charge on any atom is 0.264 e. The maximum absolute atomic E-state index is 13.7. The summed E-state index contributed by atoms with van der Waals surface area (Å²) in [6, 6.07) is 11.5. The first kappa shape index (κ1) is 32.4. The lowest BCUT2D eigenvalue weighted by Crippen LogP contribution is -2.49. The molecule has 45 heavy (non-hydrogen) atoms. The molecule has 1 amide bonds. The van der Waals surface area contributed by atoms with Crippen LogP contribution in [0.1, 0.15) is 66.9 Å². The van der Waals surface area contributed by atoms with Crippen LogP contribution in [0.4, 0.5) is 5.69 Å². The quantitative estimate of drug-likeness (QED) is 0.409. The number of halogens is 1. The molecule has 2 aromatic rings. The summed E-state index contributed by atoms with van der Waals surface area (Å²) in [4.78, 5) is 16.0. The molecule has 1 N–H and O–H groups in total. The molecule has 2 aliphatic carbocycles. The summed E-state index contributed by atoms with van der Waals surface area (Å²) in [5, 5.41) is -0.0501. The minimum Gasteiger partial charge on any atom is -0.490 e. The average molecular weight is 657 g/mol. The van der Waals surface area contributed by atoms with Crippen LogP contribution in [0.3, 0.4) is 0 Å². The molecule has 6 rings (SSSR count). The fraction of sp³-hybridized carbons (Fsp3) is 0.571. The number of nitrogens with one attached hydrogen (secondary N) is 1. The second-order valence-corrected chi connectivity index (χ2v) is 15.8. The standard InChI is InChI=1S/C35H45ClN2O6S/c1-23-6-4-8-31(43-3)28-12-9-26(28)20-38-21-35(16-5-7-24-18-27(36)11-13-29(24)35)22-44-32-14-10-25(19-30(32)38)34(39)37-45(40,41)33(23)15-17-42-2/h4,8,10-11,13-14,18-19,23,26,28,31,33H,5-7,9,12,15-17,20-22H2,1-3H3,(H,37,39)/b8-4-/t23-,26-,28+,31-,33-,35-/m0/s1. The normalized spacial score (nSPS) is 31.9. The van der Waals surface area contributed by atoms with Crippen molar-refractivity contribution in [2.24, 2.45) is 17.8 Å². The first-order chi connectivity index (χ1) is 21.6. The molecule has 2 heterocycles. The van der Waals surface area contributed by atoms with Crippen molar-refractivity contribution in [1.82, 2.24) is 4.72 Å².